The number of hydrogen-bond acceptors (Lipinski definition) is 2. The van der Waals surface area contributed by atoms with E-state index in [9.17, 15) is 13.2 Å². The minimum absolute atomic E-state index is 0.326. The lowest BCUT2D eigenvalue weighted by Crippen LogP contribution is -2.09. The molecule has 1 aromatic rings. The molecule has 0 amide bonds. The fourth-order valence-electron chi connectivity index (χ4n) is 0.934. The largest absolute Gasteiger partial charge is 0.481 e. The highest BCUT2D eigenvalue weighted by Gasteiger charge is 2.35. The van der Waals surface area contributed by atoms with Gasteiger partial charge in [0.25, 0.3) is 0 Å². The van der Waals surface area contributed by atoms with Crippen LogP contribution >= 0.6 is 15.9 Å². The molecule has 6 heteroatoms. The third kappa shape index (κ3) is 2.37. The molecule has 0 aliphatic heterocycles. The van der Waals surface area contributed by atoms with Crippen molar-refractivity contribution in [3.05, 3.63) is 23.4 Å². The van der Waals surface area contributed by atoms with Gasteiger partial charge < -0.3 is 4.74 Å². The van der Waals surface area contributed by atoms with Gasteiger partial charge in [0.05, 0.1) is 7.11 Å². The van der Waals surface area contributed by atoms with Gasteiger partial charge in [0.1, 0.15) is 5.56 Å². The molecule has 1 rings (SSSR count). The van der Waals surface area contributed by atoms with E-state index in [2.05, 4.69) is 25.7 Å². The molecule has 14 heavy (non-hydrogen) atoms. The fourth-order valence-corrected chi connectivity index (χ4v) is 1.24. The standard InChI is InChI=1S/C8H7BrF3NO/c1-14-7-6(8(10,11)12)2-5(3-9)4-13-7/h2,4H,3H2,1H3. The molecule has 0 aromatic carbocycles. The maximum Gasteiger partial charge on any atom is 0.421 e. The van der Waals surface area contributed by atoms with Crippen LogP contribution in [0.1, 0.15) is 11.1 Å². The Morgan fingerprint density at radius 2 is 2.14 bits per heavy atom. The number of aromatic nitrogens is 1. The van der Waals surface area contributed by atoms with Gasteiger partial charge in [-0.05, 0) is 11.6 Å². The van der Waals surface area contributed by atoms with Crippen molar-refractivity contribution in [2.75, 3.05) is 7.11 Å². The van der Waals surface area contributed by atoms with Gasteiger partial charge >= 0.3 is 6.18 Å². The molecule has 0 saturated heterocycles. The first-order valence-electron chi connectivity index (χ1n) is 3.65. The van der Waals surface area contributed by atoms with E-state index >= 15 is 0 Å². The van der Waals surface area contributed by atoms with Gasteiger partial charge in [0.2, 0.25) is 5.88 Å². The molecular formula is C8H7BrF3NO. The number of methoxy groups -OCH3 is 1. The Morgan fingerprint density at radius 3 is 2.57 bits per heavy atom. The second-order valence-electron chi connectivity index (χ2n) is 2.53. The zero-order valence-electron chi connectivity index (χ0n) is 7.23. The molecule has 0 atom stereocenters. The second kappa shape index (κ2) is 4.16. The molecule has 0 spiro atoms. The van der Waals surface area contributed by atoms with Crippen LogP contribution in [0.3, 0.4) is 0 Å². The summed E-state index contributed by atoms with van der Waals surface area (Å²) in [6.45, 7) is 0. The topological polar surface area (TPSA) is 22.1 Å². The molecule has 1 aromatic heterocycles. The first-order valence-corrected chi connectivity index (χ1v) is 4.77. The van der Waals surface area contributed by atoms with Crippen molar-refractivity contribution in [2.24, 2.45) is 0 Å². The summed E-state index contributed by atoms with van der Waals surface area (Å²) in [5.74, 6) is -0.401. The van der Waals surface area contributed by atoms with E-state index < -0.39 is 17.6 Å². The molecule has 0 aliphatic carbocycles. The molecule has 0 fully saturated rings. The average Bonchev–Trinajstić information content (AvgIpc) is 2.15. The Hall–Kier alpha value is -0.780. The predicted octanol–water partition coefficient (Wildman–Crippen LogP) is 3.00. The first kappa shape index (κ1) is 11.3. The van der Waals surface area contributed by atoms with Crippen molar-refractivity contribution in [1.29, 1.82) is 0 Å². The van der Waals surface area contributed by atoms with Crippen molar-refractivity contribution in [1.82, 2.24) is 4.98 Å². The van der Waals surface area contributed by atoms with Crippen LogP contribution in [0, 0.1) is 0 Å². The van der Waals surface area contributed by atoms with Crippen LogP contribution < -0.4 is 4.74 Å². The summed E-state index contributed by atoms with van der Waals surface area (Å²) in [5.41, 5.74) is -0.393. The van der Waals surface area contributed by atoms with Crippen LogP contribution in [0.2, 0.25) is 0 Å². The lowest BCUT2D eigenvalue weighted by atomic mass is 10.2. The second-order valence-corrected chi connectivity index (χ2v) is 3.09. The molecule has 0 unspecified atom stereocenters. The molecule has 0 aliphatic rings. The zero-order chi connectivity index (χ0) is 10.8. The highest BCUT2D eigenvalue weighted by molar-refractivity contribution is 9.08. The molecule has 0 saturated carbocycles. The average molecular weight is 270 g/mol. The Morgan fingerprint density at radius 1 is 1.50 bits per heavy atom. The highest BCUT2D eigenvalue weighted by atomic mass is 79.9. The van der Waals surface area contributed by atoms with Gasteiger partial charge in [-0.3, -0.25) is 0 Å². The Balaban J connectivity index is 3.22. The van der Waals surface area contributed by atoms with E-state index in [-0.39, 0.29) is 0 Å². The van der Waals surface area contributed by atoms with Gasteiger partial charge in [-0.2, -0.15) is 13.2 Å². The maximum absolute atomic E-state index is 12.4. The molecule has 0 radical (unpaired) electrons. The number of hydrogen-bond donors (Lipinski definition) is 0. The third-order valence-electron chi connectivity index (χ3n) is 1.56. The summed E-state index contributed by atoms with van der Waals surface area (Å²) in [6, 6.07) is 1.01. The molecule has 0 bridgehead atoms. The van der Waals surface area contributed by atoms with Crippen LogP contribution in [-0.4, -0.2) is 12.1 Å². The Kier molecular flexibility index (Phi) is 3.36. The predicted molar refractivity (Wildman–Crippen MR) is 48.4 cm³/mol. The van der Waals surface area contributed by atoms with Gasteiger partial charge in [-0.25, -0.2) is 4.98 Å². The van der Waals surface area contributed by atoms with Crippen LogP contribution in [0.4, 0.5) is 13.2 Å². The van der Waals surface area contributed by atoms with Gasteiger partial charge in [-0.15, -0.1) is 0 Å². The summed E-state index contributed by atoms with van der Waals surface area (Å²) in [5, 5.41) is 0.326. The number of alkyl halides is 4. The number of pyridine rings is 1. The van der Waals surface area contributed by atoms with Crippen LogP contribution in [0.5, 0.6) is 5.88 Å². The summed E-state index contributed by atoms with van der Waals surface area (Å²) in [6.07, 6.45) is -3.10. The van der Waals surface area contributed by atoms with Crippen molar-refractivity contribution in [3.8, 4) is 5.88 Å². The van der Waals surface area contributed by atoms with Gasteiger partial charge in [0.15, 0.2) is 0 Å². The van der Waals surface area contributed by atoms with E-state index in [0.29, 0.717) is 10.9 Å². The van der Waals surface area contributed by atoms with Gasteiger partial charge in [0, 0.05) is 11.5 Å². The van der Waals surface area contributed by atoms with E-state index in [1.807, 2.05) is 0 Å². The minimum atomic E-state index is -4.43. The lowest BCUT2D eigenvalue weighted by molar-refractivity contribution is -0.139. The first-order chi connectivity index (χ1) is 6.49. The number of halogens is 4. The monoisotopic (exact) mass is 269 g/mol. The molecule has 0 N–H and O–H groups in total. The molecule has 2 nitrogen and oxygen atoms in total. The van der Waals surface area contributed by atoms with E-state index in [1.54, 1.807) is 0 Å². The SMILES string of the molecule is COc1ncc(CBr)cc1C(F)(F)F. The highest BCUT2D eigenvalue weighted by Crippen LogP contribution is 2.35. The maximum atomic E-state index is 12.4. The van der Waals surface area contributed by atoms with E-state index in [0.717, 1.165) is 13.2 Å². The zero-order valence-corrected chi connectivity index (χ0v) is 8.82. The van der Waals surface area contributed by atoms with E-state index in [4.69, 9.17) is 0 Å². The summed E-state index contributed by atoms with van der Waals surface area (Å²) >= 11 is 3.06. The number of ether oxygens (including phenoxy) is 1. The van der Waals surface area contributed by atoms with Crippen LogP contribution in [0.15, 0.2) is 12.3 Å². The van der Waals surface area contributed by atoms with Crippen molar-refractivity contribution in [3.63, 3.8) is 0 Å². The summed E-state index contributed by atoms with van der Waals surface area (Å²) in [4.78, 5) is 3.56. The Labute approximate surface area is 87.2 Å². The lowest BCUT2D eigenvalue weighted by Gasteiger charge is -2.11. The molecule has 78 valence electrons. The van der Waals surface area contributed by atoms with Gasteiger partial charge in [-0.1, -0.05) is 15.9 Å². The van der Waals surface area contributed by atoms with E-state index in [1.165, 1.54) is 6.20 Å². The van der Waals surface area contributed by atoms with Crippen molar-refractivity contribution < 1.29 is 17.9 Å². The molecular weight excluding hydrogens is 263 g/mol. The third-order valence-corrected chi connectivity index (χ3v) is 2.21. The summed E-state index contributed by atoms with van der Waals surface area (Å²) < 4.78 is 41.8. The number of rotatable bonds is 2. The van der Waals surface area contributed by atoms with Crippen LogP contribution in [0.25, 0.3) is 0 Å². The quantitative estimate of drug-likeness (QED) is 0.771. The minimum Gasteiger partial charge on any atom is -0.481 e. The smallest absolute Gasteiger partial charge is 0.421 e. The van der Waals surface area contributed by atoms with Crippen molar-refractivity contribution in [2.45, 2.75) is 11.5 Å². The summed E-state index contributed by atoms with van der Waals surface area (Å²) in [7, 11) is 1.16. The fraction of sp³-hybridized carbons (Fsp3) is 0.375. The Bertz CT molecular complexity index is 327. The number of nitrogens with zero attached hydrogens (tertiary/aromatic N) is 1. The molecule has 1 heterocycles. The van der Waals surface area contributed by atoms with Crippen molar-refractivity contribution >= 4 is 15.9 Å². The normalized spacial score (nSPS) is 11.5. The van der Waals surface area contributed by atoms with Crippen LogP contribution in [-0.2, 0) is 11.5 Å².